The second-order valence-corrected chi connectivity index (χ2v) is 6.25. The number of unbranched alkanes of at least 4 members (excludes halogenated alkanes) is 1. The molecule has 0 bridgehead atoms. The van der Waals surface area contributed by atoms with Crippen molar-refractivity contribution in [3.8, 4) is 0 Å². The van der Waals surface area contributed by atoms with E-state index in [0.717, 1.165) is 19.4 Å². The Morgan fingerprint density at radius 3 is 2.25 bits per heavy atom. The number of benzene rings is 1. The Morgan fingerprint density at radius 1 is 1.06 bits per heavy atom. The van der Waals surface area contributed by atoms with Crippen LogP contribution in [-0.2, 0) is 9.84 Å². The molecule has 0 heterocycles. The van der Waals surface area contributed by atoms with Crippen molar-refractivity contribution in [1.82, 2.24) is 4.90 Å². The molecule has 0 aliphatic heterocycles. The summed E-state index contributed by atoms with van der Waals surface area (Å²) in [4.78, 5) is 2.50. The van der Waals surface area contributed by atoms with Crippen LogP contribution in [0.15, 0.2) is 35.2 Å². The molecule has 0 atom stereocenters. The zero-order valence-electron chi connectivity index (χ0n) is 9.89. The third-order valence-corrected chi connectivity index (χ3v) is 4.19. The lowest BCUT2D eigenvalue weighted by molar-refractivity contribution is 0.398. The van der Waals surface area contributed by atoms with Crippen molar-refractivity contribution in [3.05, 3.63) is 30.3 Å². The molecule has 16 heavy (non-hydrogen) atoms. The van der Waals surface area contributed by atoms with E-state index in [4.69, 9.17) is 0 Å². The molecule has 0 aliphatic carbocycles. The third kappa shape index (κ3) is 4.33. The zero-order chi connectivity index (χ0) is 12.0. The predicted octanol–water partition coefficient (Wildman–Crippen LogP) is 1.80. The minimum absolute atomic E-state index is 0.241. The molecular formula is C12H19NO2S. The molecule has 0 saturated carbocycles. The molecule has 0 radical (unpaired) electrons. The normalized spacial score (nSPS) is 11.9. The Balaban J connectivity index is 2.48. The fourth-order valence-electron chi connectivity index (χ4n) is 1.47. The SMILES string of the molecule is CN(C)CCCCS(=O)(=O)c1ccccc1. The monoisotopic (exact) mass is 241 g/mol. The average molecular weight is 241 g/mol. The van der Waals surface area contributed by atoms with E-state index in [0.29, 0.717) is 4.90 Å². The van der Waals surface area contributed by atoms with E-state index >= 15 is 0 Å². The lowest BCUT2D eigenvalue weighted by atomic mass is 10.3. The van der Waals surface area contributed by atoms with Gasteiger partial charge in [0, 0.05) is 0 Å². The summed E-state index contributed by atoms with van der Waals surface area (Å²) < 4.78 is 23.7. The summed E-state index contributed by atoms with van der Waals surface area (Å²) in [6.45, 7) is 0.935. The van der Waals surface area contributed by atoms with Crippen LogP contribution in [0.1, 0.15) is 12.8 Å². The van der Waals surface area contributed by atoms with Crippen LogP contribution >= 0.6 is 0 Å². The van der Waals surface area contributed by atoms with Gasteiger partial charge in [-0.05, 0) is 45.6 Å². The van der Waals surface area contributed by atoms with Gasteiger partial charge in [-0.3, -0.25) is 0 Å². The molecule has 0 N–H and O–H groups in total. The molecule has 0 spiro atoms. The van der Waals surface area contributed by atoms with E-state index in [1.54, 1.807) is 24.3 Å². The van der Waals surface area contributed by atoms with E-state index in [-0.39, 0.29) is 5.75 Å². The molecule has 1 rings (SSSR count). The van der Waals surface area contributed by atoms with Gasteiger partial charge in [-0.1, -0.05) is 18.2 Å². The molecule has 4 heteroatoms. The molecule has 0 saturated heterocycles. The standard InChI is InChI=1S/C12H19NO2S/c1-13(2)10-6-7-11-16(14,15)12-8-4-3-5-9-12/h3-5,8-9H,6-7,10-11H2,1-2H3. The summed E-state index contributed by atoms with van der Waals surface area (Å²) in [5.41, 5.74) is 0. The number of hydrogen-bond acceptors (Lipinski definition) is 3. The molecule has 0 unspecified atom stereocenters. The molecule has 90 valence electrons. The Labute approximate surface area is 98.0 Å². The highest BCUT2D eigenvalue weighted by atomic mass is 32.2. The minimum atomic E-state index is -3.08. The summed E-state index contributed by atoms with van der Waals surface area (Å²) in [5.74, 6) is 0.241. The van der Waals surface area contributed by atoms with Gasteiger partial charge in [-0.2, -0.15) is 0 Å². The number of nitrogens with zero attached hydrogens (tertiary/aromatic N) is 1. The van der Waals surface area contributed by atoms with Crippen molar-refractivity contribution in [1.29, 1.82) is 0 Å². The van der Waals surface area contributed by atoms with Gasteiger partial charge in [0.2, 0.25) is 0 Å². The quantitative estimate of drug-likeness (QED) is 0.713. The predicted molar refractivity (Wildman–Crippen MR) is 66.3 cm³/mol. The number of rotatable bonds is 6. The first-order chi connectivity index (χ1) is 7.52. The fourth-order valence-corrected chi connectivity index (χ4v) is 2.86. The molecule has 0 aromatic heterocycles. The van der Waals surface area contributed by atoms with E-state index in [9.17, 15) is 8.42 Å². The number of sulfone groups is 1. The second-order valence-electron chi connectivity index (χ2n) is 4.14. The first kappa shape index (κ1) is 13.2. The first-order valence-corrected chi connectivity index (χ1v) is 7.10. The maximum Gasteiger partial charge on any atom is 0.178 e. The summed E-state index contributed by atoms with van der Waals surface area (Å²) in [7, 11) is 0.907. The van der Waals surface area contributed by atoms with E-state index in [1.807, 2.05) is 20.2 Å². The van der Waals surface area contributed by atoms with Gasteiger partial charge in [0.15, 0.2) is 9.84 Å². The van der Waals surface area contributed by atoms with Crippen LogP contribution in [0, 0.1) is 0 Å². The largest absolute Gasteiger partial charge is 0.309 e. The average Bonchev–Trinajstić information content (AvgIpc) is 2.26. The molecule has 1 aromatic rings. The van der Waals surface area contributed by atoms with Crippen LogP contribution in [0.2, 0.25) is 0 Å². The highest BCUT2D eigenvalue weighted by Gasteiger charge is 2.12. The summed E-state index contributed by atoms with van der Waals surface area (Å²) in [5, 5.41) is 0. The smallest absolute Gasteiger partial charge is 0.178 e. The Bertz CT molecular complexity index is 398. The molecule has 1 aromatic carbocycles. The van der Waals surface area contributed by atoms with Crippen LogP contribution in [0.25, 0.3) is 0 Å². The zero-order valence-corrected chi connectivity index (χ0v) is 10.7. The minimum Gasteiger partial charge on any atom is -0.309 e. The van der Waals surface area contributed by atoms with Gasteiger partial charge in [0.05, 0.1) is 10.6 Å². The van der Waals surface area contributed by atoms with Gasteiger partial charge < -0.3 is 4.90 Å². The fraction of sp³-hybridized carbons (Fsp3) is 0.500. The van der Waals surface area contributed by atoms with E-state index in [1.165, 1.54) is 0 Å². The lowest BCUT2D eigenvalue weighted by Gasteiger charge is -2.09. The Kier molecular flexibility index (Phi) is 4.96. The molecule has 0 amide bonds. The Hall–Kier alpha value is -0.870. The van der Waals surface area contributed by atoms with Crippen LogP contribution in [0.4, 0.5) is 0 Å². The summed E-state index contributed by atoms with van der Waals surface area (Å²) >= 11 is 0. The number of hydrogen-bond donors (Lipinski definition) is 0. The first-order valence-electron chi connectivity index (χ1n) is 5.45. The van der Waals surface area contributed by atoms with E-state index in [2.05, 4.69) is 4.90 Å². The Morgan fingerprint density at radius 2 is 1.69 bits per heavy atom. The van der Waals surface area contributed by atoms with Crippen LogP contribution < -0.4 is 0 Å². The van der Waals surface area contributed by atoms with Gasteiger partial charge in [0.25, 0.3) is 0 Å². The topological polar surface area (TPSA) is 37.4 Å². The van der Waals surface area contributed by atoms with Crippen LogP contribution in [0.3, 0.4) is 0 Å². The van der Waals surface area contributed by atoms with Crippen molar-refractivity contribution in [2.75, 3.05) is 26.4 Å². The lowest BCUT2D eigenvalue weighted by Crippen LogP contribution is -2.14. The second kappa shape index (κ2) is 6.01. The van der Waals surface area contributed by atoms with E-state index < -0.39 is 9.84 Å². The molecule has 3 nitrogen and oxygen atoms in total. The van der Waals surface area contributed by atoms with Gasteiger partial charge in [0.1, 0.15) is 0 Å². The van der Waals surface area contributed by atoms with Crippen molar-refractivity contribution in [3.63, 3.8) is 0 Å². The highest BCUT2D eigenvalue weighted by molar-refractivity contribution is 7.91. The molecule has 0 aliphatic rings. The van der Waals surface area contributed by atoms with Gasteiger partial charge in [-0.25, -0.2) is 8.42 Å². The molecule has 0 fully saturated rings. The van der Waals surface area contributed by atoms with Gasteiger partial charge in [-0.15, -0.1) is 0 Å². The van der Waals surface area contributed by atoms with Crippen molar-refractivity contribution < 1.29 is 8.42 Å². The van der Waals surface area contributed by atoms with Crippen LogP contribution in [0.5, 0.6) is 0 Å². The van der Waals surface area contributed by atoms with Gasteiger partial charge >= 0.3 is 0 Å². The van der Waals surface area contributed by atoms with Crippen molar-refractivity contribution >= 4 is 9.84 Å². The highest BCUT2D eigenvalue weighted by Crippen LogP contribution is 2.11. The van der Waals surface area contributed by atoms with Crippen molar-refractivity contribution in [2.24, 2.45) is 0 Å². The summed E-state index contributed by atoms with van der Waals surface area (Å²) in [6, 6.07) is 8.65. The molecular weight excluding hydrogens is 222 g/mol. The maximum atomic E-state index is 11.9. The summed E-state index contributed by atoms with van der Waals surface area (Å²) in [6.07, 6.45) is 1.63. The van der Waals surface area contributed by atoms with Crippen molar-refractivity contribution in [2.45, 2.75) is 17.7 Å². The maximum absolute atomic E-state index is 11.9. The van der Waals surface area contributed by atoms with Crippen LogP contribution in [-0.4, -0.2) is 39.7 Å². The third-order valence-electron chi connectivity index (χ3n) is 2.37.